The highest BCUT2D eigenvalue weighted by Gasteiger charge is 2.15. The second kappa shape index (κ2) is 10.4. The number of nitrogens with one attached hydrogen (secondary N) is 1. The van der Waals surface area contributed by atoms with Crippen LogP contribution >= 0.6 is 0 Å². The molecule has 150 valence electrons. The SMILES string of the molecule is CCCN(CCC)c1nc(C)cc(C(=O)Nc2ccc(C(=O)OCC)cc2)n1. The highest BCUT2D eigenvalue weighted by Crippen LogP contribution is 2.15. The van der Waals surface area contributed by atoms with Gasteiger partial charge in [-0.25, -0.2) is 14.8 Å². The zero-order chi connectivity index (χ0) is 20.5. The van der Waals surface area contributed by atoms with Crippen molar-refractivity contribution in [2.24, 2.45) is 0 Å². The van der Waals surface area contributed by atoms with E-state index in [2.05, 4.69) is 34.0 Å². The van der Waals surface area contributed by atoms with Crippen molar-refractivity contribution >= 4 is 23.5 Å². The molecule has 7 heteroatoms. The molecule has 0 atom stereocenters. The molecule has 28 heavy (non-hydrogen) atoms. The molecule has 7 nitrogen and oxygen atoms in total. The Hall–Kier alpha value is -2.96. The van der Waals surface area contributed by atoms with Crippen molar-refractivity contribution in [3.63, 3.8) is 0 Å². The lowest BCUT2D eigenvalue weighted by atomic mass is 10.2. The van der Waals surface area contributed by atoms with E-state index in [1.54, 1.807) is 37.3 Å². The van der Waals surface area contributed by atoms with E-state index in [4.69, 9.17) is 4.74 Å². The number of carbonyl (C=O) groups excluding carboxylic acids is 2. The van der Waals surface area contributed by atoms with Crippen LogP contribution in [0.4, 0.5) is 11.6 Å². The van der Waals surface area contributed by atoms with Crippen molar-refractivity contribution in [2.45, 2.75) is 40.5 Å². The third kappa shape index (κ3) is 5.77. The van der Waals surface area contributed by atoms with Crippen molar-refractivity contribution in [1.29, 1.82) is 0 Å². The van der Waals surface area contributed by atoms with Crippen molar-refractivity contribution < 1.29 is 14.3 Å². The summed E-state index contributed by atoms with van der Waals surface area (Å²) in [5, 5.41) is 2.81. The molecule has 1 N–H and O–H groups in total. The van der Waals surface area contributed by atoms with Crippen molar-refractivity contribution in [2.75, 3.05) is 29.9 Å². The highest BCUT2D eigenvalue weighted by atomic mass is 16.5. The number of carbonyl (C=O) groups is 2. The van der Waals surface area contributed by atoms with E-state index in [0.29, 0.717) is 29.5 Å². The lowest BCUT2D eigenvalue weighted by molar-refractivity contribution is 0.0526. The van der Waals surface area contributed by atoms with Gasteiger partial charge in [-0.15, -0.1) is 0 Å². The molecule has 0 saturated carbocycles. The zero-order valence-corrected chi connectivity index (χ0v) is 17.0. The molecule has 1 amide bonds. The van der Waals surface area contributed by atoms with Crippen LogP contribution in [0.5, 0.6) is 0 Å². The van der Waals surface area contributed by atoms with Crippen molar-refractivity contribution in [3.8, 4) is 0 Å². The molecule has 0 saturated heterocycles. The van der Waals surface area contributed by atoms with Crippen LogP contribution < -0.4 is 10.2 Å². The monoisotopic (exact) mass is 384 g/mol. The second-order valence-electron chi connectivity index (χ2n) is 6.43. The van der Waals surface area contributed by atoms with Gasteiger partial charge in [0.15, 0.2) is 0 Å². The van der Waals surface area contributed by atoms with Gasteiger partial charge in [0.25, 0.3) is 5.91 Å². The van der Waals surface area contributed by atoms with Crippen LogP contribution in [-0.2, 0) is 4.74 Å². The van der Waals surface area contributed by atoms with Crippen molar-refractivity contribution in [1.82, 2.24) is 9.97 Å². The van der Waals surface area contributed by atoms with Crippen LogP contribution in [0.2, 0.25) is 0 Å². The molecule has 0 spiro atoms. The summed E-state index contributed by atoms with van der Waals surface area (Å²) in [4.78, 5) is 35.4. The Morgan fingerprint density at radius 3 is 2.25 bits per heavy atom. The number of aromatic nitrogens is 2. The first kappa shape index (κ1) is 21.3. The summed E-state index contributed by atoms with van der Waals surface area (Å²) in [6, 6.07) is 8.24. The minimum atomic E-state index is -0.386. The van der Waals surface area contributed by atoms with Gasteiger partial charge in [-0.3, -0.25) is 4.79 Å². The topological polar surface area (TPSA) is 84.4 Å². The number of esters is 1. The molecule has 2 rings (SSSR count). The number of aryl methyl sites for hydroxylation is 1. The van der Waals surface area contributed by atoms with Gasteiger partial charge in [0.2, 0.25) is 5.95 Å². The first-order valence-electron chi connectivity index (χ1n) is 9.67. The fourth-order valence-corrected chi connectivity index (χ4v) is 2.76. The Morgan fingerprint density at radius 1 is 1.04 bits per heavy atom. The van der Waals surface area contributed by atoms with E-state index in [0.717, 1.165) is 31.6 Å². The Labute approximate surface area is 166 Å². The molecule has 1 heterocycles. The number of ether oxygens (including phenoxy) is 1. The number of benzene rings is 1. The third-order valence-corrected chi connectivity index (χ3v) is 4.00. The minimum absolute atomic E-state index is 0.314. The fraction of sp³-hybridized carbons (Fsp3) is 0.429. The van der Waals surface area contributed by atoms with E-state index in [1.807, 2.05) is 6.92 Å². The summed E-state index contributed by atoms with van der Waals surface area (Å²) in [6.45, 7) is 9.82. The average Bonchev–Trinajstić information content (AvgIpc) is 2.68. The summed E-state index contributed by atoms with van der Waals surface area (Å²) in [5.41, 5.74) is 2.07. The summed E-state index contributed by atoms with van der Waals surface area (Å²) < 4.78 is 4.96. The van der Waals surface area contributed by atoms with Gasteiger partial charge in [0.1, 0.15) is 5.69 Å². The Balaban J connectivity index is 2.16. The molecule has 0 fully saturated rings. The van der Waals surface area contributed by atoms with Crippen LogP contribution in [0.25, 0.3) is 0 Å². The minimum Gasteiger partial charge on any atom is -0.462 e. The lowest BCUT2D eigenvalue weighted by Crippen LogP contribution is -2.28. The van der Waals surface area contributed by atoms with Crippen molar-refractivity contribution in [3.05, 3.63) is 47.3 Å². The molecule has 0 bridgehead atoms. The highest BCUT2D eigenvalue weighted by molar-refractivity contribution is 6.03. The molecule has 0 unspecified atom stereocenters. The number of hydrogen-bond donors (Lipinski definition) is 1. The van der Waals surface area contributed by atoms with Gasteiger partial charge in [-0.2, -0.15) is 0 Å². The van der Waals surface area contributed by atoms with Crippen LogP contribution in [-0.4, -0.2) is 41.5 Å². The predicted molar refractivity (Wildman–Crippen MR) is 110 cm³/mol. The maximum absolute atomic E-state index is 12.7. The van der Waals surface area contributed by atoms with Gasteiger partial charge in [0, 0.05) is 24.5 Å². The third-order valence-electron chi connectivity index (χ3n) is 4.00. The van der Waals surface area contributed by atoms with Gasteiger partial charge in [0.05, 0.1) is 12.2 Å². The van der Waals surface area contributed by atoms with E-state index < -0.39 is 0 Å². The maximum Gasteiger partial charge on any atom is 0.338 e. The number of anilines is 2. The van der Waals surface area contributed by atoms with Gasteiger partial charge in [-0.05, 0) is 57.0 Å². The Kier molecular flexibility index (Phi) is 7.92. The lowest BCUT2D eigenvalue weighted by Gasteiger charge is -2.22. The number of nitrogens with zero attached hydrogens (tertiary/aromatic N) is 3. The molecular weight excluding hydrogens is 356 g/mol. The molecule has 0 radical (unpaired) electrons. The number of hydrogen-bond acceptors (Lipinski definition) is 6. The van der Waals surface area contributed by atoms with Gasteiger partial charge < -0.3 is 15.0 Å². The predicted octanol–water partition coefficient (Wildman–Crippen LogP) is 3.84. The molecule has 0 aliphatic rings. The maximum atomic E-state index is 12.7. The van der Waals surface area contributed by atoms with Crippen LogP contribution in [0.1, 0.15) is 60.2 Å². The summed E-state index contributed by atoms with van der Waals surface area (Å²) in [5.74, 6) is -0.126. The van der Waals surface area contributed by atoms with Crippen LogP contribution in [0, 0.1) is 6.92 Å². The van der Waals surface area contributed by atoms with E-state index in [-0.39, 0.29) is 11.9 Å². The normalized spacial score (nSPS) is 10.4. The fourth-order valence-electron chi connectivity index (χ4n) is 2.76. The summed E-state index contributed by atoms with van der Waals surface area (Å²) in [7, 11) is 0. The standard InChI is InChI=1S/C21H28N4O3/c1-5-12-25(13-6-2)21-22-15(4)14-18(24-21)19(26)23-17-10-8-16(9-11-17)20(27)28-7-3/h8-11,14H,5-7,12-13H2,1-4H3,(H,23,26). The number of amides is 1. The molecule has 2 aromatic rings. The second-order valence-corrected chi connectivity index (χ2v) is 6.43. The van der Waals surface area contributed by atoms with Gasteiger partial charge in [-0.1, -0.05) is 13.8 Å². The van der Waals surface area contributed by atoms with E-state index in [1.165, 1.54) is 0 Å². The molecule has 0 aliphatic heterocycles. The van der Waals surface area contributed by atoms with Crippen LogP contribution in [0.15, 0.2) is 30.3 Å². The largest absolute Gasteiger partial charge is 0.462 e. The summed E-state index contributed by atoms with van der Waals surface area (Å²) >= 11 is 0. The zero-order valence-electron chi connectivity index (χ0n) is 17.0. The quantitative estimate of drug-likeness (QED) is 0.661. The van der Waals surface area contributed by atoms with E-state index in [9.17, 15) is 9.59 Å². The first-order valence-corrected chi connectivity index (χ1v) is 9.67. The van der Waals surface area contributed by atoms with E-state index >= 15 is 0 Å². The van der Waals surface area contributed by atoms with Gasteiger partial charge >= 0.3 is 5.97 Å². The molecular formula is C21H28N4O3. The number of rotatable bonds is 9. The Bertz CT molecular complexity index is 800. The Morgan fingerprint density at radius 2 is 1.68 bits per heavy atom. The molecule has 0 aliphatic carbocycles. The molecule has 1 aromatic carbocycles. The smallest absolute Gasteiger partial charge is 0.338 e. The average molecular weight is 384 g/mol. The van der Waals surface area contributed by atoms with Crippen LogP contribution in [0.3, 0.4) is 0 Å². The first-order chi connectivity index (χ1) is 13.5. The summed E-state index contributed by atoms with van der Waals surface area (Å²) in [6.07, 6.45) is 1.96. The molecule has 1 aromatic heterocycles.